The van der Waals surface area contributed by atoms with Crippen molar-refractivity contribution < 1.29 is 27.9 Å². The number of benzene rings is 4. The molecule has 1 aromatic heterocycles. The third kappa shape index (κ3) is 5.99. The maximum absolute atomic E-state index is 13.5. The lowest BCUT2D eigenvalue weighted by atomic mass is 10.1. The van der Waals surface area contributed by atoms with E-state index in [0.29, 0.717) is 22.3 Å². The summed E-state index contributed by atoms with van der Waals surface area (Å²) >= 11 is 0. The van der Waals surface area contributed by atoms with Gasteiger partial charge in [0.1, 0.15) is 0 Å². The first-order chi connectivity index (χ1) is 19.2. The summed E-state index contributed by atoms with van der Waals surface area (Å²) in [7, 11) is 0. The summed E-state index contributed by atoms with van der Waals surface area (Å²) < 4.78 is 40.9. The molecule has 0 saturated heterocycles. The third-order valence-electron chi connectivity index (χ3n) is 6.46. The number of para-hydroxylation sites is 1. The minimum Gasteiger partial charge on any atom is -0.478 e. The van der Waals surface area contributed by atoms with Gasteiger partial charge in [-0.05, 0) is 65.7 Å². The number of amides is 1. The zero-order valence-electron chi connectivity index (χ0n) is 21.1. The first kappa shape index (κ1) is 26.6. The van der Waals surface area contributed by atoms with E-state index in [4.69, 9.17) is 5.11 Å². The topological polar surface area (TPSA) is 83.4 Å². The number of nitrogens with one attached hydrogen (secondary N) is 2. The molecule has 0 radical (unpaired) electrons. The van der Waals surface area contributed by atoms with Crippen molar-refractivity contribution in [1.82, 2.24) is 9.88 Å². The van der Waals surface area contributed by atoms with Gasteiger partial charge in [0.25, 0.3) is 5.91 Å². The maximum atomic E-state index is 13.5. The quantitative estimate of drug-likeness (QED) is 0.195. The van der Waals surface area contributed by atoms with Gasteiger partial charge in [0.05, 0.1) is 22.2 Å². The van der Waals surface area contributed by atoms with Crippen LogP contribution in [0.15, 0.2) is 103 Å². The van der Waals surface area contributed by atoms with Crippen LogP contribution < -0.4 is 10.6 Å². The average molecular weight is 544 g/mol. The fourth-order valence-corrected chi connectivity index (χ4v) is 4.45. The summed E-state index contributed by atoms with van der Waals surface area (Å²) in [5, 5.41) is 16.1. The molecule has 5 rings (SSSR count). The van der Waals surface area contributed by atoms with Crippen LogP contribution in [-0.4, -0.2) is 21.6 Å². The Morgan fingerprint density at radius 1 is 0.800 bits per heavy atom. The summed E-state index contributed by atoms with van der Waals surface area (Å²) in [5.41, 5.74) is 3.37. The number of aromatic nitrogens is 1. The highest BCUT2D eigenvalue weighted by atomic mass is 19.4. The van der Waals surface area contributed by atoms with Gasteiger partial charge in [0.2, 0.25) is 0 Å². The lowest BCUT2D eigenvalue weighted by Crippen LogP contribution is -2.23. The summed E-state index contributed by atoms with van der Waals surface area (Å²) in [6, 6.07) is 26.2. The van der Waals surface area contributed by atoms with Crippen molar-refractivity contribution in [1.29, 1.82) is 0 Å². The molecular weight excluding hydrogens is 519 g/mol. The van der Waals surface area contributed by atoms with Crippen molar-refractivity contribution in [3.05, 3.63) is 131 Å². The molecule has 0 unspecified atom stereocenters. The van der Waals surface area contributed by atoms with Crippen LogP contribution in [0.25, 0.3) is 10.9 Å². The normalized spacial score (nSPS) is 11.4. The highest BCUT2D eigenvalue weighted by molar-refractivity contribution is 6.07. The van der Waals surface area contributed by atoms with Crippen LogP contribution in [0.3, 0.4) is 0 Å². The Morgan fingerprint density at radius 2 is 1.48 bits per heavy atom. The molecule has 40 heavy (non-hydrogen) atoms. The standard InChI is InChI=1S/C31H24F3N3O3/c32-31(33,34)24-12-8-21(9-13-24)19-37-15-14-23-16-26(36-25-4-2-1-3-5-25)17-27(28(23)37)29(38)35-18-20-6-10-22(11-7-20)30(39)40/h1-17,36H,18-19H2,(H,35,38)(H,39,40). The van der Waals surface area contributed by atoms with Gasteiger partial charge in [-0.2, -0.15) is 13.2 Å². The number of fused-ring (bicyclic) bond motifs is 1. The minimum absolute atomic E-state index is 0.151. The Bertz CT molecular complexity index is 1660. The van der Waals surface area contributed by atoms with Crippen LogP contribution in [0, 0.1) is 0 Å². The zero-order chi connectivity index (χ0) is 28.3. The van der Waals surface area contributed by atoms with E-state index in [-0.39, 0.29) is 24.6 Å². The number of halogens is 3. The van der Waals surface area contributed by atoms with Crippen LogP contribution in [0.5, 0.6) is 0 Å². The largest absolute Gasteiger partial charge is 0.478 e. The van der Waals surface area contributed by atoms with E-state index in [9.17, 15) is 22.8 Å². The van der Waals surface area contributed by atoms with Crippen LogP contribution in [0.1, 0.15) is 37.4 Å². The Balaban J connectivity index is 1.46. The van der Waals surface area contributed by atoms with E-state index in [1.807, 2.05) is 47.0 Å². The molecule has 0 fully saturated rings. The molecule has 0 saturated carbocycles. The fraction of sp³-hybridized carbons (Fsp3) is 0.0968. The van der Waals surface area contributed by atoms with Gasteiger partial charge >= 0.3 is 12.1 Å². The van der Waals surface area contributed by atoms with Crippen molar-refractivity contribution in [2.24, 2.45) is 0 Å². The van der Waals surface area contributed by atoms with Gasteiger partial charge < -0.3 is 20.3 Å². The van der Waals surface area contributed by atoms with E-state index in [1.165, 1.54) is 24.3 Å². The van der Waals surface area contributed by atoms with E-state index in [1.54, 1.807) is 24.4 Å². The number of carbonyl (C=O) groups is 2. The van der Waals surface area contributed by atoms with Crippen molar-refractivity contribution in [2.75, 3.05) is 5.32 Å². The SMILES string of the molecule is O=C(O)c1ccc(CNC(=O)c2cc(Nc3ccccc3)cc3ccn(Cc4ccc(C(F)(F)F)cc4)c23)cc1. The minimum atomic E-state index is -4.42. The highest BCUT2D eigenvalue weighted by Gasteiger charge is 2.30. The molecule has 3 N–H and O–H groups in total. The number of carboxylic acid groups (broad SMARTS) is 1. The van der Waals surface area contributed by atoms with Gasteiger partial charge in [0.15, 0.2) is 0 Å². The first-order valence-electron chi connectivity index (χ1n) is 12.4. The number of hydrogen-bond acceptors (Lipinski definition) is 3. The smallest absolute Gasteiger partial charge is 0.416 e. The van der Waals surface area contributed by atoms with E-state index in [0.717, 1.165) is 28.8 Å². The van der Waals surface area contributed by atoms with Gasteiger partial charge in [0, 0.05) is 36.0 Å². The molecule has 1 amide bonds. The van der Waals surface area contributed by atoms with Crippen LogP contribution >= 0.6 is 0 Å². The van der Waals surface area contributed by atoms with Crippen LogP contribution in [0.2, 0.25) is 0 Å². The van der Waals surface area contributed by atoms with Gasteiger partial charge in [-0.15, -0.1) is 0 Å². The monoisotopic (exact) mass is 543 g/mol. The molecule has 4 aromatic carbocycles. The molecule has 0 aliphatic heterocycles. The Labute approximate surface area is 227 Å². The number of carbonyl (C=O) groups excluding carboxylic acids is 1. The molecule has 0 aliphatic carbocycles. The fourth-order valence-electron chi connectivity index (χ4n) is 4.45. The highest BCUT2D eigenvalue weighted by Crippen LogP contribution is 2.31. The average Bonchev–Trinajstić information content (AvgIpc) is 3.34. The van der Waals surface area contributed by atoms with Gasteiger partial charge in [-0.25, -0.2) is 4.79 Å². The predicted molar refractivity (Wildman–Crippen MR) is 147 cm³/mol. The van der Waals surface area contributed by atoms with Crippen molar-refractivity contribution in [3.63, 3.8) is 0 Å². The molecule has 202 valence electrons. The summed E-state index contributed by atoms with van der Waals surface area (Å²) in [5.74, 6) is -1.38. The van der Waals surface area contributed by atoms with Gasteiger partial charge in [-0.3, -0.25) is 4.79 Å². The molecular formula is C31H24F3N3O3. The first-order valence-corrected chi connectivity index (χ1v) is 12.4. The number of aromatic carboxylic acids is 1. The predicted octanol–water partition coefficient (Wildman–Crippen LogP) is 7.08. The summed E-state index contributed by atoms with van der Waals surface area (Å²) in [6.45, 7) is 0.445. The molecule has 6 nitrogen and oxygen atoms in total. The molecule has 5 aromatic rings. The van der Waals surface area contributed by atoms with Crippen molar-refractivity contribution in [3.8, 4) is 0 Å². The number of nitrogens with zero attached hydrogens (tertiary/aromatic N) is 1. The number of hydrogen-bond donors (Lipinski definition) is 3. The number of rotatable bonds is 8. The van der Waals surface area contributed by atoms with Gasteiger partial charge in [-0.1, -0.05) is 42.5 Å². The summed E-state index contributed by atoms with van der Waals surface area (Å²) in [4.78, 5) is 24.6. The Hall–Kier alpha value is -5.05. The van der Waals surface area contributed by atoms with Crippen LogP contribution in [0.4, 0.5) is 24.5 Å². The summed E-state index contributed by atoms with van der Waals surface area (Å²) in [6.07, 6.45) is -2.62. The molecule has 9 heteroatoms. The molecule has 0 atom stereocenters. The van der Waals surface area contributed by atoms with E-state index >= 15 is 0 Å². The molecule has 0 bridgehead atoms. The van der Waals surface area contributed by atoms with E-state index in [2.05, 4.69) is 10.6 Å². The zero-order valence-corrected chi connectivity index (χ0v) is 21.1. The lowest BCUT2D eigenvalue weighted by molar-refractivity contribution is -0.137. The van der Waals surface area contributed by atoms with Crippen molar-refractivity contribution >= 4 is 34.2 Å². The second kappa shape index (κ2) is 11.0. The number of alkyl halides is 3. The molecule has 1 heterocycles. The van der Waals surface area contributed by atoms with Crippen molar-refractivity contribution in [2.45, 2.75) is 19.3 Å². The second-order valence-corrected chi connectivity index (χ2v) is 9.28. The number of carboxylic acids is 1. The molecule has 0 aliphatic rings. The van der Waals surface area contributed by atoms with E-state index < -0.39 is 17.7 Å². The Kier molecular flexibility index (Phi) is 7.29. The maximum Gasteiger partial charge on any atom is 0.416 e. The molecule has 0 spiro atoms. The Morgan fingerprint density at radius 3 is 2.12 bits per heavy atom. The third-order valence-corrected chi connectivity index (χ3v) is 6.46. The van der Waals surface area contributed by atoms with Crippen LogP contribution in [-0.2, 0) is 19.3 Å². The second-order valence-electron chi connectivity index (χ2n) is 9.28. The lowest BCUT2D eigenvalue weighted by Gasteiger charge is -2.14. The number of anilines is 2.